The van der Waals surface area contributed by atoms with Crippen LogP contribution in [0.4, 0.5) is 0 Å². The minimum absolute atomic E-state index is 0.398. The lowest BCUT2D eigenvalue weighted by atomic mass is 10.1. The largest absolute Gasteiger partial charge is 0.365 e. The summed E-state index contributed by atoms with van der Waals surface area (Å²) in [4.78, 5) is 2.47. The smallest absolute Gasteiger partial charge is 0.0989 e. The van der Waals surface area contributed by atoms with Crippen molar-refractivity contribution in [1.29, 1.82) is 0 Å². The van der Waals surface area contributed by atoms with Crippen LogP contribution in [0.1, 0.15) is 19.3 Å². The molecule has 0 aromatic carbocycles. The summed E-state index contributed by atoms with van der Waals surface area (Å²) in [5.74, 6) is 0. The van der Waals surface area contributed by atoms with E-state index in [-0.39, 0.29) is 0 Å². The predicted octanol–water partition coefficient (Wildman–Crippen LogP) is 1.27. The fourth-order valence-electron chi connectivity index (χ4n) is 1.80. The van der Waals surface area contributed by atoms with E-state index in [1.54, 1.807) is 0 Å². The van der Waals surface area contributed by atoms with Crippen molar-refractivity contribution in [3.05, 3.63) is 24.4 Å². The molecule has 0 saturated carbocycles. The Morgan fingerprint density at radius 3 is 2.75 bits per heavy atom. The fourth-order valence-corrected chi connectivity index (χ4v) is 1.80. The van der Waals surface area contributed by atoms with Crippen molar-refractivity contribution in [2.24, 2.45) is 0 Å². The van der Waals surface area contributed by atoms with Crippen LogP contribution in [0, 0.1) is 6.20 Å². The van der Waals surface area contributed by atoms with Gasteiger partial charge in [-0.3, -0.25) is 4.90 Å². The van der Waals surface area contributed by atoms with Gasteiger partial charge in [0.25, 0.3) is 0 Å². The molecule has 0 aromatic rings. The summed E-state index contributed by atoms with van der Waals surface area (Å²) in [6.07, 6.45) is 13.7. The Labute approximate surface area is 73.9 Å². The quantitative estimate of drug-likeness (QED) is 0.626. The zero-order chi connectivity index (χ0) is 8.23. The lowest BCUT2D eigenvalue weighted by Crippen LogP contribution is -2.45. The molecular weight excluding hydrogens is 148 g/mol. The molecule has 2 nitrogen and oxygen atoms in total. The van der Waals surface area contributed by atoms with Gasteiger partial charge in [0, 0.05) is 13.1 Å². The van der Waals surface area contributed by atoms with E-state index >= 15 is 0 Å². The van der Waals surface area contributed by atoms with Crippen molar-refractivity contribution in [2.45, 2.75) is 25.4 Å². The molecule has 0 amide bonds. The van der Waals surface area contributed by atoms with Crippen LogP contribution in [0.3, 0.4) is 0 Å². The topological polar surface area (TPSA) is 15.3 Å². The molecule has 1 atom stereocenters. The molecule has 2 rings (SSSR count). The molecule has 1 radical (unpaired) electrons. The van der Waals surface area contributed by atoms with Crippen molar-refractivity contribution in [2.75, 3.05) is 13.1 Å². The zero-order valence-corrected chi connectivity index (χ0v) is 7.29. The minimum Gasteiger partial charge on any atom is -0.365 e. The number of piperidine rings is 1. The highest BCUT2D eigenvalue weighted by Crippen LogP contribution is 2.12. The highest BCUT2D eigenvalue weighted by atomic mass is 15.3. The number of rotatable bonds is 1. The van der Waals surface area contributed by atoms with Gasteiger partial charge >= 0.3 is 0 Å². The van der Waals surface area contributed by atoms with Crippen LogP contribution in [0.15, 0.2) is 18.2 Å². The molecule has 12 heavy (non-hydrogen) atoms. The number of likely N-dealkylation sites (tertiary alicyclic amines) is 1. The van der Waals surface area contributed by atoms with Gasteiger partial charge < -0.3 is 5.32 Å². The van der Waals surface area contributed by atoms with E-state index < -0.39 is 0 Å². The molecule has 2 heterocycles. The molecule has 65 valence electrons. The number of hydrogen-bond donors (Lipinski definition) is 1. The number of nitrogens with zero attached hydrogens (tertiary/aromatic N) is 1. The summed E-state index contributed by atoms with van der Waals surface area (Å²) in [5, 5.41) is 3.22. The van der Waals surface area contributed by atoms with Gasteiger partial charge in [-0.15, -0.1) is 0 Å². The molecule has 0 bridgehead atoms. The third-order valence-electron chi connectivity index (χ3n) is 2.49. The van der Waals surface area contributed by atoms with Gasteiger partial charge in [0.2, 0.25) is 0 Å². The van der Waals surface area contributed by atoms with Gasteiger partial charge in [-0.25, -0.2) is 0 Å². The van der Waals surface area contributed by atoms with Crippen LogP contribution >= 0.6 is 0 Å². The summed E-state index contributed by atoms with van der Waals surface area (Å²) in [5.41, 5.74) is 0. The van der Waals surface area contributed by atoms with Crippen LogP contribution in [-0.4, -0.2) is 24.2 Å². The normalized spacial score (nSPS) is 30.2. The Bertz CT molecular complexity index is 190. The number of nitrogens with one attached hydrogen (secondary N) is 1. The molecule has 1 saturated heterocycles. The maximum absolute atomic E-state index is 3.22. The summed E-state index contributed by atoms with van der Waals surface area (Å²) in [7, 11) is 0. The second-order valence-corrected chi connectivity index (χ2v) is 3.38. The van der Waals surface area contributed by atoms with Gasteiger partial charge in [-0.2, -0.15) is 0 Å². The van der Waals surface area contributed by atoms with Gasteiger partial charge in [0.1, 0.15) is 0 Å². The van der Waals surface area contributed by atoms with Crippen molar-refractivity contribution >= 4 is 0 Å². The van der Waals surface area contributed by atoms with Crippen molar-refractivity contribution in [1.82, 2.24) is 10.2 Å². The molecule has 1 N–H and O–H groups in total. The maximum Gasteiger partial charge on any atom is 0.0989 e. The first-order valence-corrected chi connectivity index (χ1v) is 4.72. The molecular formula is C10H15N2. The van der Waals surface area contributed by atoms with Crippen LogP contribution in [-0.2, 0) is 0 Å². The molecule has 1 fully saturated rings. The fraction of sp³-hybridized carbons (Fsp3) is 0.600. The molecule has 2 heteroatoms. The second kappa shape index (κ2) is 3.76. The first-order chi connectivity index (χ1) is 5.97. The van der Waals surface area contributed by atoms with Crippen LogP contribution in [0.5, 0.6) is 0 Å². The summed E-state index contributed by atoms with van der Waals surface area (Å²) >= 11 is 0. The van der Waals surface area contributed by atoms with E-state index in [1.807, 2.05) is 6.08 Å². The standard InChI is InChI=1S/C10H15N2/c1-4-8-12(9-5-1)10-6-2-3-7-11-10/h2-3,6,10-11H,1,4-5,8-9H2. The van der Waals surface area contributed by atoms with Crippen LogP contribution in [0.2, 0.25) is 0 Å². The van der Waals surface area contributed by atoms with E-state index in [4.69, 9.17) is 0 Å². The zero-order valence-electron chi connectivity index (χ0n) is 7.29. The second-order valence-electron chi connectivity index (χ2n) is 3.38. The lowest BCUT2D eigenvalue weighted by Gasteiger charge is -2.33. The molecule has 0 spiro atoms. The Balaban J connectivity index is 1.90. The van der Waals surface area contributed by atoms with Gasteiger partial charge in [0.15, 0.2) is 0 Å². The SMILES string of the molecule is [C]1=CC=CC(N2CCCCC2)N1. The molecule has 2 aliphatic heterocycles. The van der Waals surface area contributed by atoms with E-state index in [0.29, 0.717) is 6.17 Å². The maximum atomic E-state index is 3.22. The van der Waals surface area contributed by atoms with Crippen LogP contribution in [0.25, 0.3) is 0 Å². The Morgan fingerprint density at radius 1 is 1.25 bits per heavy atom. The van der Waals surface area contributed by atoms with Crippen molar-refractivity contribution in [3.63, 3.8) is 0 Å². The average Bonchev–Trinajstić information content (AvgIpc) is 2.21. The highest BCUT2D eigenvalue weighted by molar-refractivity contribution is 5.08. The Kier molecular flexibility index (Phi) is 2.47. The number of allylic oxidation sites excluding steroid dienone is 2. The summed E-state index contributed by atoms with van der Waals surface area (Å²) in [6, 6.07) is 0. The Hall–Kier alpha value is -0.760. The van der Waals surface area contributed by atoms with Crippen LogP contribution < -0.4 is 5.32 Å². The number of hydrogen-bond acceptors (Lipinski definition) is 2. The molecule has 2 aliphatic rings. The third-order valence-corrected chi connectivity index (χ3v) is 2.49. The highest BCUT2D eigenvalue weighted by Gasteiger charge is 2.17. The monoisotopic (exact) mass is 163 g/mol. The van der Waals surface area contributed by atoms with Crippen molar-refractivity contribution in [3.8, 4) is 0 Å². The van der Waals surface area contributed by atoms with E-state index in [9.17, 15) is 0 Å². The number of dihydropyridines is 1. The minimum atomic E-state index is 0.398. The first-order valence-electron chi connectivity index (χ1n) is 4.72. The van der Waals surface area contributed by atoms with Gasteiger partial charge in [-0.05, 0) is 25.0 Å². The van der Waals surface area contributed by atoms with E-state index in [0.717, 1.165) is 0 Å². The van der Waals surface area contributed by atoms with E-state index in [1.165, 1.54) is 32.4 Å². The lowest BCUT2D eigenvalue weighted by molar-refractivity contribution is 0.175. The molecule has 0 aromatic heterocycles. The van der Waals surface area contributed by atoms with Gasteiger partial charge in [0.05, 0.1) is 12.4 Å². The molecule has 1 unspecified atom stereocenters. The third kappa shape index (κ3) is 1.69. The van der Waals surface area contributed by atoms with Crippen molar-refractivity contribution < 1.29 is 0 Å². The first kappa shape index (κ1) is 7.87. The average molecular weight is 163 g/mol. The Morgan fingerprint density at radius 2 is 2.08 bits per heavy atom. The summed E-state index contributed by atoms with van der Waals surface area (Å²) in [6.45, 7) is 2.45. The summed E-state index contributed by atoms with van der Waals surface area (Å²) < 4.78 is 0. The van der Waals surface area contributed by atoms with Gasteiger partial charge in [-0.1, -0.05) is 12.5 Å². The van der Waals surface area contributed by atoms with E-state index in [2.05, 4.69) is 28.6 Å². The predicted molar refractivity (Wildman–Crippen MR) is 49.3 cm³/mol. The molecule has 0 aliphatic carbocycles.